The summed E-state index contributed by atoms with van der Waals surface area (Å²) in [6, 6.07) is 4.43. The number of primary sulfonamides is 1. The molecule has 0 saturated carbocycles. The minimum Gasteiger partial charge on any atom is -0.490 e. The Kier molecular flexibility index (Phi) is 4.26. The van der Waals surface area contributed by atoms with Crippen LogP contribution in [0.1, 0.15) is 12.8 Å². The largest absolute Gasteiger partial charge is 0.490 e. The maximum Gasteiger partial charge on any atom is 0.238 e. The van der Waals surface area contributed by atoms with Gasteiger partial charge in [-0.2, -0.15) is 0 Å². The molecule has 1 atom stereocenters. The summed E-state index contributed by atoms with van der Waals surface area (Å²) in [5.41, 5.74) is 0. The first-order valence-corrected chi connectivity index (χ1v) is 7.87. The third-order valence-corrected chi connectivity index (χ3v) is 4.21. The maximum atomic E-state index is 11.2. The first-order chi connectivity index (χ1) is 8.47. The lowest BCUT2D eigenvalue weighted by Crippen LogP contribution is -2.16. The number of ether oxygens (including phenoxy) is 2. The van der Waals surface area contributed by atoms with Crippen molar-refractivity contribution in [2.45, 2.75) is 23.8 Å². The molecule has 1 saturated heterocycles. The fourth-order valence-electron chi connectivity index (χ4n) is 1.73. The Morgan fingerprint density at radius 2 is 2.28 bits per heavy atom. The normalized spacial score (nSPS) is 20.0. The van der Waals surface area contributed by atoms with Crippen LogP contribution < -0.4 is 9.88 Å². The number of benzene rings is 1. The summed E-state index contributed by atoms with van der Waals surface area (Å²) in [4.78, 5) is 0.0545. The van der Waals surface area contributed by atoms with Gasteiger partial charge in [0.2, 0.25) is 10.0 Å². The molecule has 0 spiro atoms. The van der Waals surface area contributed by atoms with Crippen LogP contribution in [-0.2, 0) is 14.8 Å². The van der Waals surface area contributed by atoms with Crippen molar-refractivity contribution in [3.8, 4) is 5.75 Å². The zero-order valence-electron chi connectivity index (χ0n) is 9.63. The predicted octanol–water partition coefficient (Wildman–Crippen LogP) is 1.65. The van der Waals surface area contributed by atoms with Crippen molar-refractivity contribution in [3.63, 3.8) is 0 Å². The maximum absolute atomic E-state index is 11.2. The second-order valence-electron chi connectivity index (χ2n) is 4.08. The van der Waals surface area contributed by atoms with Crippen molar-refractivity contribution in [1.82, 2.24) is 0 Å². The fourth-order valence-corrected chi connectivity index (χ4v) is 2.92. The highest BCUT2D eigenvalue weighted by Gasteiger charge is 2.17. The fraction of sp³-hybridized carbons (Fsp3) is 0.455. The van der Waals surface area contributed by atoms with Crippen LogP contribution in [0.25, 0.3) is 0 Å². The summed E-state index contributed by atoms with van der Waals surface area (Å²) in [5.74, 6) is 0.581. The summed E-state index contributed by atoms with van der Waals surface area (Å²) < 4.78 is 33.9. The molecule has 1 unspecified atom stereocenters. The van der Waals surface area contributed by atoms with Crippen molar-refractivity contribution in [2.24, 2.45) is 5.14 Å². The van der Waals surface area contributed by atoms with Gasteiger partial charge in [-0.15, -0.1) is 0 Å². The molecule has 7 heteroatoms. The van der Waals surface area contributed by atoms with Crippen molar-refractivity contribution < 1.29 is 17.9 Å². The highest BCUT2D eigenvalue weighted by atomic mass is 79.9. The van der Waals surface area contributed by atoms with Gasteiger partial charge in [0.15, 0.2) is 0 Å². The van der Waals surface area contributed by atoms with Gasteiger partial charge >= 0.3 is 0 Å². The molecule has 1 aliphatic heterocycles. The number of rotatable bonds is 4. The molecule has 0 aliphatic carbocycles. The van der Waals surface area contributed by atoms with Crippen LogP contribution in [0.3, 0.4) is 0 Å². The second kappa shape index (κ2) is 5.56. The molecule has 0 radical (unpaired) electrons. The zero-order valence-corrected chi connectivity index (χ0v) is 12.0. The van der Waals surface area contributed by atoms with Gasteiger partial charge in [-0.25, -0.2) is 13.6 Å². The average Bonchev–Trinajstić information content (AvgIpc) is 2.79. The van der Waals surface area contributed by atoms with Gasteiger partial charge < -0.3 is 9.47 Å². The van der Waals surface area contributed by atoms with E-state index in [4.69, 9.17) is 14.6 Å². The van der Waals surface area contributed by atoms with E-state index in [1.54, 1.807) is 6.07 Å². The summed E-state index contributed by atoms with van der Waals surface area (Å²) in [6.45, 7) is 1.24. The minimum atomic E-state index is -3.68. The van der Waals surface area contributed by atoms with Gasteiger partial charge in [-0.1, -0.05) is 0 Å². The lowest BCUT2D eigenvalue weighted by atomic mass is 10.2. The molecule has 0 bridgehead atoms. The molecule has 100 valence electrons. The number of hydrogen-bond acceptors (Lipinski definition) is 4. The van der Waals surface area contributed by atoms with Crippen LogP contribution in [0.15, 0.2) is 27.6 Å². The Morgan fingerprint density at radius 3 is 2.83 bits per heavy atom. The lowest BCUT2D eigenvalue weighted by molar-refractivity contribution is 0.0677. The molecular formula is C11H14BrNO4S. The number of hydrogen-bond donors (Lipinski definition) is 1. The minimum absolute atomic E-state index is 0.0545. The van der Waals surface area contributed by atoms with E-state index in [9.17, 15) is 8.42 Å². The van der Waals surface area contributed by atoms with Gasteiger partial charge in [-0.3, -0.25) is 0 Å². The van der Waals surface area contributed by atoms with Crippen LogP contribution in [-0.4, -0.2) is 27.7 Å². The van der Waals surface area contributed by atoms with Crippen molar-refractivity contribution in [2.75, 3.05) is 13.2 Å². The summed E-state index contributed by atoms with van der Waals surface area (Å²) in [6.07, 6.45) is 2.17. The molecule has 2 rings (SSSR count). The SMILES string of the molecule is NS(=O)(=O)c1ccc(OCC2CCCO2)c(Br)c1. The van der Waals surface area contributed by atoms with Crippen LogP contribution >= 0.6 is 15.9 Å². The van der Waals surface area contributed by atoms with Crippen molar-refractivity contribution in [1.29, 1.82) is 0 Å². The quantitative estimate of drug-likeness (QED) is 0.907. The van der Waals surface area contributed by atoms with E-state index in [2.05, 4.69) is 15.9 Å². The third-order valence-electron chi connectivity index (χ3n) is 2.68. The van der Waals surface area contributed by atoms with Crippen LogP contribution in [0.5, 0.6) is 5.75 Å². The molecule has 2 N–H and O–H groups in total. The Labute approximate surface area is 114 Å². The van der Waals surface area contributed by atoms with E-state index in [1.165, 1.54) is 12.1 Å². The zero-order chi connectivity index (χ0) is 13.2. The molecule has 1 fully saturated rings. The third kappa shape index (κ3) is 3.44. The smallest absolute Gasteiger partial charge is 0.238 e. The lowest BCUT2D eigenvalue weighted by Gasteiger charge is -2.13. The van der Waals surface area contributed by atoms with Gasteiger partial charge in [-0.05, 0) is 47.0 Å². The van der Waals surface area contributed by atoms with Gasteiger partial charge in [0.05, 0.1) is 15.5 Å². The first kappa shape index (κ1) is 13.8. The van der Waals surface area contributed by atoms with E-state index in [-0.39, 0.29) is 11.0 Å². The van der Waals surface area contributed by atoms with E-state index in [1.807, 2.05) is 0 Å². The Morgan fingerprint density at radius 1 is 1.50 bits per heavy atom. The Hall–Kier alpha value is -0.630. The van der Waals surface area contributed by atoms with E-state index >= 15 is 0 Å². The molecule has 1 aromatic carbocycles. The molecule has 5 nitrogen and oxygen atoms in total. The summed E-state index contributed by atoms with van der Waals surface area (Å²) in [7, 11) is -3.68. The van der Waals surface area contributed by atoms with Gasteiger partial charge in [0.1, 0.15) is 12.4 Å². The Bertz CT molecular complexity index is 526. The number of halogens is 1. The molecule has 0 aromatic heterocycles. The first-order valence-electron chi connectivity index (χ1n) is 5.53. The highest BCUT2D eigenvalue weighted by Crippen LogP contribution is 2.28. The van der Waals surface area contributed by atoms with Crippen LogP contribution in [0.2, 0.25) is 0 Å². The van der Waals surface area contributed by atoms with E-state index < -0.39 is 10.0 Å². The topological polar surface area (TPSA) is 78.6 Å². The van der Waals surface area contributed by atoms with E-state index in [0.29, 0.717) is 16.8 Å². The van der Waals surface area contributed by atoms with Crippen molar-refractivity contribution in [3.05, 3.63) is 22.7 Å². The van der Waals surface area contributed by atoms with Crippen LogP contribution in [0, 0.1) is 0 Å². The predicted molar refractivity (Wildman–Crippen MR) is 70.0 cm³/mol. The van der Waals surface area contributed by atoms with Crippen LogP contribution in [0.4, 0.5) is 0 Å². The van der Waals surface area contributed by atoms with Gasteiger partial charge in [0, 0.05) is 6.61 Å². The summed E-state index contributed by atoms with van der Waals surface area (Å²) >= 11 is 3.26. The molecule has 1 aliphatic rings. The molecular weight excluding hydrogens is 322 g/mol. The number of nitrogens with two attached hydrogens (primary N) is 1. The van der Waals surface area contributed by atoms with Crippen molar-refractivity contribution >= 4 is 26.0 Å². The molecule has 1 aromatic rings. The van der Waals surface area contributed by atoms with Gasteiger partial charge in [0.25, 0.3) is 0 Å². The Balaban J connectivity index is 2.05. The van der Waals surface area contributed by atoms with E-state index in [0.717, 1.165) is 19.4 Å². The standard InChI is InChI=1S/C11H14BrNO4S/c12-10-6-9(18(13,14)15)3-4-11(10)17-7-8-2-1-5-16-8/h3-4,6,8H,1-2,5,7H2,(H2,13,14,15). The molecule has 1 heterocycles. The summed E-state index contributed by atoms with van der Waals surface area (Å²) in [5, 5.41) is 5.04. The monoisotopic (exact) mass is 335 g/mol. The molecule has 0 amide bonds. The highest BCUT2D eigenvalue weighted by molar-refractivity contribution is 9.10. The second-order valence-corrected chi connectivity index (χ2v) is 6.50. The average molecular weight is 336 g/mol. The molecule has 18 heavy (non-hydrogen) atoms. The number of sulfonamides is 1.